The average molecular weight is 365 g/mol. The molecule has 11 heteroatoms. The molecule has 0 aliphatic rings. The number of nitrogens with one attached hydrogen (secondary N) is 1. The molecule has 0 saturated carbocycles. The highest BCUT2D eigenvalue weighted by molar-refractivity contribution is 7.90. The summed E-state index contributed by atoms with van der Waals surface area (Å²) in [6.07, 6.45) is 1.25. The molecule has 128 valence electrons. The second kappa shape index (κ2) is 6.36. The van der Waals surface area contributed by atoms with Gasteiger partial charge in [0.25, 0.3) is 15.9 Å². The second-order valence-electron chi connectivity index (χ2n) is 4.78. The van der Waals surface area contributed by atoms with E-state index in [0.29, 0.717) is 5.69 Å². The van der Waals surface area contributed by atoms with Crippen molar-refractivity contribution in [2.24, 2.45) is 0 Å². The number of carbonyl (C=O) groups is 1. The predicted octanol–water partition coefficient (Wildman–Crippen LogP) is 1.06. The molecule has 0 bridgehead atoms. The molecular weight excluding hydrogens is 356 g/mol. The topological polar surface area (TPSA) is 107 Å². The van der Waals surface area contributed by atoms with Gasteiger partial charge in [0.15, 0.2) is 0 Å². The van der Waals surface area contributed by atoms with Gasteiger partial charge in [-0.3, -0.25) is 4.79 Å². The molecule has 3 aromatic rings. The Morgan fingerprint density at radius 2 is 1.76 bits per heavy atom. The van der Waals surface area contributed by atoms with Gasteiger partial charge < -0.3 is 0 Å². The van der Waals surface area contributed by atoms with E-state index in [9.17, 15) is 22.0 Å². The minimum atomic E-state index is -4.37. The first-order valence-electron chi connectivity index (χ1n) is 6.73. The predicted molar refractivity (Wildman–Crippen MR) is 80.2 cm³/mol. The van der Waals surface area contributed by atoms with Gasteiger partial charge in [-0.05, 0) is 40.8 Å². The van der Waals surface area contributed by atoms with Crippen LogP contribution in [-0.2, 0) is 10.0 Å². The van der Waals surface area contributed by atoms with Crippen molar-refractivity contribution in [1.82, 2.24) is 24.9 Å². The third-order valence-corrected chi connectivity index (χ3v) is 4.49. The molecule has 1 N–H and O–H groups in total. The van der Waals surface area contributed by atoms with Crippen LogP contribution in [-0.4, -0.2) is 34.5 Å². The second-order valence-corrected chi connectivity index (χ2v) is 6.47. The van der Waals surface area contributed by atoms with Crippen LogP contribution in [0.3, 0.4) is 0 Å². The average Bonchev–Trinajstić information content (AvgIpc) is 3.09. The van der Waals surface area contributed by atoms with E-state index in [1.54, 1.807) is 4.72 Å². The molecule has 0 radical (unpaired) electrons. The normalized spacial score (nSPS) is 11.3. The van der Waals surface area contributed by atoms with Crippen LogP contribution in [0.5, 0.6) is 0 Å². The van der Waals surface area contributed by atoms with Gasteiger partial charge in [-0.25, -0.2) is 26.6 Å². The fourth-order valence-corrected chi connectivity index (χ4v) is 3.02. The van der Waals surface area contributed by atoms with Crippen LogP contribution in [0, 0.1) is 11.6 Å². The Morgan fingerprint density at radius 3 is 2.40 bits per heavy atom. The molecule has 0 aliphatic heterocycles. The Labute approximate surface area is 140 Å². The summed E-state index contributed by atoms with van der Waals surface area (Å²) in [7, 11) is -4.37. The standard InChI is InChI=1S/C14H9F2N5O3S/c15-11-5-2-6-12(16)13(11)14(22)18-25(23,24)10-4-1-3-9(7-10)21-8-17-19-20-21/h1-8H,(H,18,22). The van der Waals surface area contributed by atoms with Crippen molar-refractivity contribution >= 4 is 15.9 Å². The van der Waals surface area contributed by atoms with E-state index < -0.39 is 33.1 Å². The SMILES string of the molecule is O=C(NS(=O)(=O)c1cccc(-n2cnnn2)c1)c1c(F)cccc1F. The van der Waals surface area contributed by atoms with Crippen molar-refractivity contribution < 1.29 is 22.0 Å². The molecule has 0 unspecified atom stereocenters. The summed E-state index contributed by atoms with van der Waals surface area (Å²) in [5, 5.41) is 10.5. The molecule has 1 aromatic heterocycles. The Hall–Kier alpha value is -3.21. The van der Waals surface area contributed by atoms with Gasteiger partial charge in [0.2, 0.25) is 0 Å². The molecule has 0 spiro atoms. The number of amides is 1. The number of rotatable bonds is 4. The van der Waals surface area contributed by atoms with Gasteiger partial charge in [0.05, 0.1) is 10.6 Å². The van der Waals surface area contributed by atoms with Gasteiger partial charge in [0.1, 0.15) is 23.5 Å². The first kappa shape index (κ1) is 16.6. The third kappa shape index (κ3) is 3.35. The number of tetrazole rings is 1. The lowest BCUT2D eigenvalue weighted by molar-refractivity contribution is 0.0973. The summed E-state index contributed by atoms with van der Waals surface area (Å²) in [5.74, 6) is -3.76. The smallest absolute Gasteiger partial charge is 0.268 e. The molecule has 0 fully saturated rings. The zero-order valence-corrected chi connectivity index (χ0v) is 13.1. The van der Waals surface area contributed by atoms with Crippen molar-refractivity contribution in [1.29, 1.82) is 0 Å². The van der Waals surface area contributed by atoms with Crippen molar-refractivity contribution in [3.63, 3.8) is 0 Å². The van der Waals surface area contributed by atoms with E-state index in [0.717, 1.165) is 18.2 Å². The lowest BCUT2D eigenvalue weighted by Crippen LogP contribution is -2.32. The van der Waals surface area contributed by atoms with E-state index in [1.807, 2.05) is 0 Å². The molecular formula is C14H9F2N5O3S. The number of benzene rings is 2. The molecule has 0 atom stereocenters. The van der Waals surface area contributed by atoms with Crippen LogP contribution in [0.1, 0.15) is 10.4 Å². The van der Waals surface area contributed by atoms with Crippen molar-refractivity contribution in [2.45, 2.75) is 4.90 Å². The maximum absolute atomic E-state index is 13.6. The number of hydrogen-bond donors (Lipinski definition) is 1. The summed E-state index contributed by atoms with van der Waals surface area (Å²) < 4.78 is 54.7. The van der Waals surface area contributed by atoms with Crippen LogP contribution in [0.15, 0.2) is 53.7 Å². The number of hydrogen-bond acceptors (Lipinski definition) is 6. The number of halogens is 2. The first-order chi connectivity index (χ1) is 11.9. The summed E-state index contributed by atoms with van der Waals surface area (Å²) in [4.78, 5) is 11.7. The number of nitrogens with zero attached hydrogens (tertiary/aromatic N) is 4. The summed E-state index contributed by atoms with van der Waals surface area (Å²) >= 11 is 0. The van der Waals surface area contributed by atoms with Crippen LogP contribution < -0.4 is 4.72 Å². The quantitative estimate of drug-likeness (QED) is 0.741. The number of aromatic nitrogens is 4. The molecule has 0 aliphatic carbocycles. The van der Waals surface area contributed by atoms with E-state index >= 15 is 0 Å². The minimum absolute atomic E-state index is 0.300. The van der Waals surface area contributed by atoms with Gasteiger partial charge in [0, 0.05) is 0 Å². The Kier molecular flexibility index (Phi) is 4.23. The maximum atomic E-state index is 13.6. The summed E-state index contributed by atoms with van der Waals surface area (Å²) in [6, 6.07) is 8.11. The van der Waals surface area contributed by atoms with Crippen LogP contribution in [0.4, 0.5) is 8.78 Å². The van der Waals surface area contributed by atoms with Gasteiger partial charge in [-0.1, -0.05) is 12.1 Å². The number of carbonyl (C=O) groups excluding carboxylic acids is 1. The van der Waals surface area contributed by atoms with Crippen molar-refractivity contribution in [2.75, 3.05) is 0 Å². The van der Waals surface area contributed by atoms with E-state index in [-0.39, 0.29) is 4.90 Å². The van der Waals surface area contributed by atoms with Crippen LogP contribution in [0.2, 0.25) is 0 Å². The van der Waals surface area contributed by atoms with Crippen LogP contribution in [0.25, 0.3) is 5.69 Å². The molecule has 0 saturated heterocycles. The Bertz CT molecular complexity index is 1020. The monoisotopic (exact) mass is 365 g/mol. The molecule has 8 nitrogen and oxygen atoms in total. The van der Waals surface area contributed by atoms with E-state index in [4.69, 9.17) is 0 Å². The largest absolute Gasteiger partial charge is 0.270 e. The Balaban J connectivity index is 1.92. The number of sulfonamides is 1. The lowest BCUT2D eigenvalue weighted by atomic mass is 10.2. The van der Waals surface area contributed by atoms with Gasteiger partial charge >= 0.3 is 0 Å². The zero-order valence-electron chi connectivity index (χ0n) is 12.3. The molecule has 2 aromatic carbocycles. The van der Waals surface area contributed by atoms with E-state index in [1.165, 1.54) is 35.3 Å². The molecule has 1 heterocycles. The fourth-order valence-electron chi connectivity index (χ4n) is 2.02. The van der Waals surface area contributed by atoms with Crippen molar-refractivity contribution in [3.05, 3.63) is 66.0 Å². The van der Waals surface area contributed by atoms with Crippen molar-refractivity contribution in [3.8, 4) is 5.69 Å². The first-order valence-corrected chi connectivity index (χ1v) is 8.21. The van der Waals surface area contributed by atoms with E-state index in [2.05, 4.69) is 15.5 Å². The van der Waals surface area contributed by atoms with Gasteiger partial charge in [-0.15, -0.1) is 5.10 Å². The highest BCUT2D eigenvalue weighted by Gasteiger charge is 2.24. The minimum Gasteiger partial charge on any atom is -0.268 e. The summed E-state index contributed by atoms with van der Waals surface area (Å²) in [6.45, 7) is 0. The third-order valence-electron chi connectivity index (χ3n) is 3.16. The molecule has 25 heavy (non-hydrogen) atoms. The maximum Gasteiger partial charge on any atom is 0.270 e. The molecule has 3 rings (SSSR count). The van der Waals surface area contributed by atoms with Crippen LogP contribution >= 0.6 is 0 Å². The highest BCUT2D eigenvalue weighted by atomic mass is 32.2. The zero-order chi connectivity index (χ0) is 18.0. The highest BCUT2D eigenvalue weighted by Crippen LogP contribution is 2.16. The molecule has 1 amide bonds. The lowest BCUT2D eigenvalue weighted by Gasteiger charge is -2.09. The summed E-state index contributed by atoms with van der Waals surface area (Å²) in [5.41, 5.74) is -0.667. The van der Waals surface area contributed by atoms with Gasteiger partial charge in [-0.2, -0.15) is 0 Å². The fraction of sp³-hybridized carbons (Fsp3) is 0. The Morgan fingerprint density at radius 1 is 1.08 bits per heavy atom.